The fraction of sp³-hybridized carbons (Fsp3) is 0.182. The molecule has 3 rings (SSSR count). The van der Waals surface area contributed by atoms with E-state index in [2.05, 4.69) is 36.6 Å². The number of hydrogen-bond donors (Lipinski definition) is 2. The smallest absolute Gasteiger partial charge is 0.258 e. The van der Waals surface area contributed by atoms with Gasteiger partial charge in [0.2, 0.25) is 0 Å². The maximum atomic E-state index is 12.7. The molecule has 1 atom stereocenters. The topological polar surface area (TPSA) is 41.1 Å². The molecule has 3 nitrogen and oxygen atoms in total. The average molecular weight is 397 g/mol. The third kappa shape index (κ3) is 4.46. The molecule has 3 aromatic rings. The van der Waals surface area contributed by atoms with Gasteiger partial charge in [-0.05, 0) is 59.8 Å². The minimum Gasteiger partial charge on any atom is -0.332 e. The van der Waals surface area contributed by atoms with Gasteiger partial charge >= 0.3 is 0 Å². The van der Waals surface area contributed by atoms with E-state index in [4.69, 9.17) is 23.8 Å². The Balaban J connectivity index is 1.71. The number of benzene rings is 3. The van der Waals surface area contributed by atoms with Crippen molar-refractivity contribution >= 4 is 51.3 Å². The Labute approximate surface area is 169 Å². The quantitative estimate of drug-likeness (QED) is 0.521. The Bertz CT molecular complexity index is 985. The first-order valence-corrected chi connectivity index (χ1v) is 9.67. The van der Waals surface area contributed by atoms with Crippen molar-refractivity contribution in [2.75, 3.05) is 5.32 Å². The van der Waals surface area contributed by atoms with Crippen LogP contribution in [-0.4, -0.2) is 11.0 Å². The van der Waals surface area contributed by atoms with Crippen molar-refractivity contribution in [3.63, 3.8) is 0 Å². The van der Waals surface area contributed by atoms with E-state index in [1.165, 1.54) is 5.56 Å². The normalized spacial score (nSPS) is 11.8. The summed E-state index contributed by atoms with van der Waals surface area (Å²) in [6.07, 6.45) is 1.09. The van der Waals surface area contributed by atoms with Gasteiger partial charge < -0.3 is 5.32 Å². The van der Waals surface area contributed by atoms with Crippen LogP contribution in [0.25, 0.3) is 10.8 Å². The lowest BCUT2D eigenvalue weighted by Gasteiger charge is -2.13. The predicted molar refractivity (Wildman–Crippen MR) is 118 cm³/mol. The summed E-state index contributed by atoms with van der Waals surface area (Å²) in [5.74, 6) is 0.250. The van der Waals surface area contributed by atoms with Crippen molar-refractivity contribution in [2.24, 2.45) is 0 Å². The van der Waals surface area contributed by atoms with Gasteiger partial charge in [-0.1, -0.05) is 61.8 Å². The third-order valence-electron chi connectivity index (χ3n) is 4.69. The molecule has 0 radical (unpaired) electrons. The number of carbonyl (C=O) groups is 1. The molecule has 5 heteroatoms. The molecule has 2 N–H and O–H groups in total. The molecule has 0 fully saturated rings. The van der Waals surface area contributed by atoms with Gasteiger partial charge in [0.05, 0.1) is 0 Å². The van der Waals surface area contributed by atoms with Crippen LogP contribution >= 0.6 is 23.8 Å². The van der Waals surface area contributed by atoms with Crippen LogP contribution in [-0.2, 0) is 0 Å². The molecule has 0 spiro atoms. The molecule has 0 saturated carbocycles. The van der Waals surface area contributed by atoms with E-state index < -0.39 is 0 Å². The van der Waals surface area contributed by atoms with Crippen LogP contribution in [0.2, 0.25) is 5.02 Å². The lowest BCUT2D eigenvalue weighted by Crippen LogP contribution is -2.34. The highest BCUT2D eigenvalue weighted by molar-refractivity contribution is 7.80. The largest absolute Gasteiger partial charge is 0.332 e. The second kappa shape index (κ2) is 8.51. The molecule has 0 aliphatic rings. The molecule has 3 aromatic carbocycles. The monoisotopic (exact) mass is 396 g/mol. The number of amides is 1. The predicted octanol–water partition coefficient (Wildman–Crippen LogP) is 6.13. The second-order valence-electron chi connectivity index (χ2n) is 6.48. The van der Waals surface area contributed by atoms with Gasteiger partial charge in [-0.3, -0.25) is 10.1 Å². The minimum atomic E-state index is -0.267. The summed E-state index contributed by atoms with van der Waals surface area (Å²) in [5.41, 5.74) is 2.66. The van der Waals surface area contributed by atoms with Crippen LogP contribution in [0.5, 0.6) is 0 Å². The molecule has 0 saturated heterocycles. The van der Waals surface area contributed by atoms with Crippen LogP contribution in [0.15, 0.2) is 60.7 Å². The molecule has 0 bridgehead atoms. The Hall–Kier alpha value is -2.43. The Morgan fingerprint density at radius 2 is 1.70 bits per heavy atom. The van der Waals surface area contributed by atoms with Crippen molar-refractivity contribution in [1.82, 2.24) is 5.32 Å². The van der Waals surface area contributed by atoms with Gasteiger partial charge in [0.15, 0.2) is 5.11 Å². The number of carbonyl (C=O) groups excluding carboxylic acids is 1. The van der Waals surface area contributed by atoms with Crippen LogP contribution < -0.4 is 10.6 Å². The average Bonchev–Trinajstić information content (AvgIpc) is 2.67. The van der Waals surface area contributed by atoms with Crippen molar-refractivity contribution in [2.45, 2.75) is 26.2 Å². The number of thiocarbonyl (C=S) groups is 1. The van der Waals surface area contributed by atoms with E-state index in [0.29, 0.717) is 16.5 Å². The lowest BCUT2D eigenvalue weighted by molar-refractivity contribution is 0.0979. The number of fused-ring (bicyclic) bond motifs is 1. The van der Waals surface area contributed by atoms with Gasteiger partial charge in [-0.15, -0.1) is 0 Å². The maximum Gasteiger partial charge on any atom is 0.258 e. The van der Waals surface area contributed by atoms with E-state index >= 15 is 0 Å². The molecular weight excluding hydrogens is 376 g/mol. The fourth-order valence-corrected chi connectivity index (χ4v) is 3.38. The Kier molecular flexibility index (Phi) is 6.09. The number of rotatable bonds is 4. The number of halogens is 1. The van der Waals surface area contributed by atoms with E-state index in [-0.39, 0.29) is 11.0 Å². The van der Waals surface area contributed by atoms with Gasteiger partial charge in [-0.2, -0.15) is 0 Å². The van der Waals surface area contributed by atoms with Crippen molar-refractivity contribution in [3.8, 4) is 0 Å². The van der Waals surface area contributed by atoms with E-state index in [1.807, 2.05) is 36.4 Å². The molecular formula is C22H21ClN2OS. The van der Waals surface area contributed by atoms with Crippen molar-refractivity contribution in [3.05, 3.63) is 76.8 Å². The van der Waals surface area contributed by atoms with Gasteiger partial charge in [0, 0.05) is 21.7 Å². The highest BCUT2D eigenvalue weighted by Crippen LogP contribution is 2.26. The summed E-state index contributed by atoms with van der Waals surface area (Å²) < 4.78 is 0. The molecule has 0 aliphatic carbocycles. The highest BCUT2D eigenvalue weighted by Gasteiger charge is 2.13. The third-order valence-corrected chi connectivity index (χ3v) is 5.22. The Morgan fingerprint density at radius 1 is 1.04 bits per heavy atom. The summed E-state index contributed by atoms with van der Waals surface area (Å²) in [6, 6.07) is 19.1. The van der Waals surface area contributed by atoms with Crippen LogP contribution in [0.1, 0.15) is 42.1 Å². The summed E-state index contributed by atoms with van der Waals surface area (Å²) >= 11 is 11.5. The summed E-state index contributed by atoms with van der Waals surface area (Å²) in [4.78, 5) is 12.7. The van der Waals surface area contributed by atoms with Gasteiger partial charge in [0.1, 0.15) is 0 Å². The van der Waals surface area contributed by atoms with Gasteiger partial charge in [0.25, 0.3) is 5.91 Å². The zero-order valence-electron chi connectivity index (χ0n) is 15.3. The summed E-state index contributed by atoms with van der Waals surface area (Å²) in [5, 5.41) is 8.31. The minimum absolute atomic E-state index is 0.260. The molecule has 0 aliphatic heterocycles. The van der Waals surface area contributed by atoms with E-state index in [9.17, 15) is 4.79 Å². The molecule has 0 aromatic heterocycles. The van der Waals surface area contributed by atoms with Crippen LogP contribution in [0.3, 0.4) is 0 Å². The number of hydrogen-bond acceptors (Lipinski definition) is 2. The number of nitrogens with one attached hydrogen (secondary N) is 2. The Morgan fingerprint density at radius 3 is 2.41 bits per heavy atom. The molecule has 0 unspecified atom stereocenters. The molecule has 138 valence electrons. The first-order valence-electron chi connectivity index (χ1n) is 8.89. The van der Waals surface area contributed by atoms with E-state index in [1.54, 1.807) is 12.1 Å². The summed E-state index contributed by atoms with van der Waals surface area (Å²) in [6.45, 7) is 4.37. The highest BCUT2D eigenvalue weighted by atomic mass is 35.5. The maximum absolute atomic E-state index is 12.7. The summed E-state index contributed by atoms with van der Waals surface area (Å²) in [7, 11) is 0. The molecule has 0 heterocycles. The second-order valence-corrected chi connectivity index (χ2v) is 7.30. The zero-order chi connectivity index (χ0) is 19.4. The van der Waals surface area contributed by atoms with Gasteiger partial charge in [-0.25, -0.2) is 0 Å². The zero-order valence-corrected chi connectivity index (χ0v) is 16.8. The molecule has 1 amide bonds. The SMILES string of the molecule is CC[C@H](C)c1ccc(NC(=S)NC(=O)c2cccc3c(Cl)cccc23)cc1. The lowest BCUT2D eigenvalue weighted by atomic mass is 9.99. The first kappa shape index (κ1) is 19.3. The standard InChI is InChI=1S/C22H21ClN2OS/c1-3-14(2)15-10-12-16(13-11-15)24-22(27)25-21(26)19-8-4-7-18-17(19)6-5-9-20(18)23/h4-14H,3H2,1-2H3,(H2,24,25,26,27)/t14-/m0/s1. The fourth-order valence-electron chi connectivity index (χ4n) is 2.93. The first-order chi connectivity index (χ1) is 13.0. The van der Waals surface area contributed by atoms with Crippen LogP contribution in [0.4, 0.5) is 5.69 Å². The van der Waals surface area contributed by atoms with E-state index in [0.717, 1.165) is 22.9 Å². The van der Waals surface area contributed by atoms with Crippen molar-refractivity contribution < 1.29 is 4.79 Å². The number of anilines is 1. The molecule has 27 heavy (non-hydrogen) atoms. The van der Waals surface area contributed by atoms with Crippen LogP contribution in [0, 0.1) is 0 Å². The van der Waals surface area contributed by atoms with Crippen molar-refractivity contribution in [1.29, 1.82) is 0 Å².